The lowest BCUT2D eigenvalue weighted by Gasteiger charge is -2.16. The molecule has 1 saturated carbocycles. The first-order valence-electron chi connectivity index (χ1n) is 8.32. The van der Waals surface area contributed by atoms with Crippen molar-refractivity contribution in [3.8, 4) is 0 Å². The van der Waals surface area contributed by atoms with E-state index < -0.39 is 5.41 Å². The van der Waals surface area contributed by atoms with Gasteiger partial charge in [-0.3, -0.25) is 20.4 Å². The lowest BCUT2D eigenvalue weighted by molar-refractivity contribution is -0.124. The van der Waals surface area contributed by atoms with E-state index in [0.717, 1.165) is 29.3 Å². The van der Waals surface area contributed by atoms with Crippen molar-refractivity contribution in [1.29, 1.82) is 0 Å². The third kappa shape index (κ3) is 2.58. The van der Waals surface area contributed by atoms with Crippen molar-refractivity contribution in [2.75, 3.05) is 0 Å². The zero-order valence-corrected chi connectivity index (χ0v) is 14.0. The van der Waals surface area contributed by atoms with Gasteiger partial charge < -0.3 is 4.57 Å². The van der Waals surface area contributed by atoms with E-state index in [9.17, 15) is 9.59 Å². The number of nitrogens with zero attached hydrogens (tertiary/aromatic N) is 1. The molecule has 126 valence electrons. The summed E-state index contributed by atoms with van der Waals surface area (Å²) in [5.41, 5.74) is 7.18. The molecule has 2 N–H and O–H groups in total. The Balaban J connectivity index is 1.50. The van der Waals surface area contributed by atoms with Gasteiger partial charge in [0, 0.05) is 24.1 Å². The van der Waals surface area contributed by atoms with Gasteiger partial charge in [-0.05, 0) is 24.5 Å². The van der Waals surface area contributed by atoms with E-state index in [1.807, 2.05) is 66.2 Å². The Morgan fingerprint density at radius 2 is 1.64 bits per heavy atom. The van der Waals surface area contributed by atoms with Gasteiger partial charge in [0.25, 0.3) is 5.91 Å². The molecule has 1 aromatic heterocycles. The summed E-state index contributed by atoms with van der Waals surface area (Å²) in [6.07, 6.45) is 3.37. The van der Waals surface area contributed by atoms with E-state index >= 15 is 0 Å². The van der Waals surface area contributed by atoms with Gasteiger partial charge in [0.1, 0.15) is 0 Å². The van der Waals surface area contributed by atoms with Crippen molar-refractivity contribution in [1.82, 2.24) is 15.4 Å². The minimum Gasteiger partial charge on any atom is -0.350 e. The molecule has 2 amide bonds. The third-order valence-corrected chi connectivity index (χ3v) is 4.94. The van der Waals surface area contributed by atoms with Crippen molar-refractivity contribution in [3.05, 3.63) is 71.9 Å². The van der Waals surface area contributed by atoms with Gasteiger partial charge in [0.2, 0.25) is 5.91 Å². The monoisotopic (exact) mass is 333 g/mol. The molecule has 0 radical (unpaired) electrons. The summed E-state index contributed by atoms with van der Waals surface area (Å²) in [5, 5.41) is 0.862. The second kappa shape index (κ2) is 5.77. The molecule has 0 unspecified atom stereocenters. The van der Waals surface area contributed by atoms with Crippen LogP contribution in [0, 0.1) is 0 Å². The Bertz CT molecular complexity index is 955. The van der Waals surface area contributed by atoms with Crippen molar-refractivity contribution >= 4 is 22.7 Å². The molecular formula is C20H19N3O2. The molecule has 4 rings (SSSR count). The van der Waals surface area contributed by atoms with Crippen LogP contribution in [0.1, 0.15) is 28.8 Å². The molecule has 0 saturated heterocycles. The van der Waals surface area contributed by atoms with E-state index in [0.29, 0.717) is 5.56 Å². The molecular weight excluding hydrogens is 314 g/mol. The van der Waals surface area contributed by atoms with Crippen LogP contribution >= 0.6 is 0 Å². The molecule has 3 aromatic rings. The maximum absolute atomic E-state index is 12.6. The zero-order valence-electron chi connectivity index (χ0n) is 14.0. The summed E-state index contributed by atoms with van der Waals surface area (Å²) in [6, 6.07) is 17.4. The highest BCUT2D eigenvalue weighted by Crippen LogP contribution is 2.48. The smallest absolute Gasteiger partial charge is 0.271 e. The molecule has 5 nitrogen and oxygen atoms in total. The first kappa shape index (κ1) is 15.4. The molecule has 0 aliphatic heterocycles. The predicted octanol–water partition coefficient (Wildman–Crippen LogP) is 2.67. The summed E-state index contributed by atoms with van der Waals surface area (Å²) in [7, 11) is 1.90. The fraction of sp³-hybridized carbons (Fsp3) is 0.200. The SMILES string of the molecule is Cn1cc(C(=O)NNC(=O)C2(c3ccccc3)CC2)c2ccccc21. The lowest BCUT2D eigenvalue weighted by atomic mass is 9.95. The first-order chi connectivity index (χ1) is 12.1. The number of aromatic nitrogens is 1. The van der Waals surface area contributed by atoms with Crippen LogP contribution in [0.5, 0.6) is 0 Å². The number of nitrogens with one attached hydrogen (secondary N) is 2. The third-order valence-electron chi connectivity index (χ3n) is 4.94. The fourth-order valence-corrected chi connectivity index (χ4v) is 3.35. The van der Waals surface area contributed by atoms with Crippen LogP contribution in [0.3, 0.4) is 0 Å². The van der Waals surface area contributed by atoms with Crippen molar-refractivity contribution in [2.45, 2.75) is 18.3 Å². The van der Waals surface area contributed by atoms with Gasteiger partial charge in [-0.15, -0.1) is 0 Å². The van der Waals surface area contributed by atoms with Crippen molar-refractivity contribution in [3.63, 3.8) is 0 Å². The van der Waals surface area contributed by atoms with E-state index in [1.54, 1.807) is 6.20 Å². The number of carbonyl (C=O) groups excluding carboxylic acids is 2. The summed E-state index contributed by atoms with van der Waals surface area (Å²) < 4.78 is 1.90. The van der Waals surface area contributed by atoms with E-state index in [2.05, 4.69) is 10.9 Å². The van der Waals surface area contributed by atoms with Gasteiger partial charge in [-0.2, -0.15) is 0 Å². The maximum Gasteiger partial charge on any atom is 0.271 e. The quantitative estimate of drug-likeness (QED) is 0.724. The average Bonchev–Trinajstić information content (AvgIpc) is 3.40. The first-order valence-corrected chi connectivity index (χ1v) is 8.32. The highest BCUT2D eigenvalue weighted by Gasteiger charge is 2.51. The Morgan fingerprint density at radius 3 is 2.36 bits per heavy atom. The lowest BCUT2D eigenvalue weighted by Crippen LogP contribution is -2.46. The minimum absolute atomic E-state index is 0.160. The Hall–Kier alpha value is -3.08. The minimum atomic E-state index is -0.507. The summed E-state index contributed by atoms with van der Waals surface area (Å²) in [6.45, 7) is 0. The van der Waals surface area contributed by atoms with E-state index in [4.69, 9.17) is 0 Å². The van der Waals surface area contributed by atoms with Crippen LogP contribution in [0.25, 0.3) is 10.9 Å². The topological polar surface area (TPSA) is 63.1 Å². The number of amides is 2. The van der Waals surface area contributed by atoms with E-state index in [-0.39, 0.29) is 11.8 Å². The number of para-hydroxylation sites is 1. The second-order valence-electron chi connectivity index (χ2n) is 6.53. The number of benzene rings is 2. The number of hydrazine groups is 1. The van der Waals surface area contributed by atoms with Gasteiger partial charge in [0.15, 0.2) is 0 Å². The maximum atomic E-state index is 12.6. The standard InChI is InChI=1S/C20H19N3O2/c1-23-13-16(15-9-5-6-10-17(15)23)18(24)21-22-19(25)20(11-12-20)14-7-3-2-4-8-14/h2-10,13H,11-12H2,1H3,(H,21,24)(H,22,25). The molecule has 5 heteroatoms. The number of hydrogen-bond acceptors (Lipinski definition) is 2. The number of fused-ring (bicyclic) bond motifs is 1. The van der Waals surface area contributed by atoms with Crippen LogP contribution in [0.15, 0.2) is 60.8 Å². The molecule has 1 aliphatic rings. The van der Waals surface area contributed by atoms with Crippen LogP contribution in [-0.4, -0.2) is 16.4 Å². The van der Waals surface area contributed by atoms with Crippen LogP contribution in [0.4, 0.5) is 0 Å². The number of carbonyl (C=O) groups is 2. The molecule has 25 heavy (non-hydrogen) atoms. The highest BCUT2D eigenvalue weighted by molar-refractivity contribution is 6.07. The molecule has 1 heterocycles. The van der Waals surface area contributed by atoms with Gasteiger partial charge >= 0.3 is 0 Å². The predicted molar refractivity (Wildman–Crippen MR) is 95.9 cm³/mol. The number of aryl methyl sites for hydroxylation is 1. The average molecular weight is 333 g/mol. The van der Waals surface area contributed by atoms with Crippen LogP contribution < -0.4 is 10.9 Å². The summed E-state index contributed by atoms with van der Waals surface area (Å²) in [4.78, 5) is 25.1. The Kier molecular flexibility index (Phi) is 3.57. The number of hydrogen-bond donors (Lipinski definition) is 2. The number of rotatable bonds is 3. The Labute approximate surface area is 145 Å². The molecule has 0 spiro atoms. The zero-order chi connectivity index (χ0) is 17.4. The van der Waals surface area contributed by atoms with Gasteiger partial charge in [-0.1, -0.05) is 48.5 Å². The van der Waals surface area contributed by atoms with E-state index in [1.165, 1.54) is 0 Å². The summed E-state index contributed by atoms with van der Waals surface area (Å²) in [5.74, 6) is -0.471. The van der Waals surface area contributed by atoms with Crippen molar-refractivity contribution in [2.24, 2.45) is 7.05 Å². The second-order valence-corrected chi connectivity index (χ2v) is 6.53. The Morgan fingerprint density at radius 1 is 0.960 bits per heavy atom. The molecule has 0 atom stereocenters. The van der Waals surface area contributed by atoms with Crippen molar-refractivity contribution < 1.29 is 9.59 Å². The summed E-state index contributed by atoms with van der Waals surface area (Å²) >= 11 is 0. The van der Waals surface area contributed by atoms with Crippen LogP contribution in [-0.2, 0) is 17.3 Å². The van der Waals surface area contributed by atoms with Gasteiger partial charge in [-0.25, -0.2) is 0 Å². The molecule has 0 bridgehead atoms. The molecule has 1 aliphatic carbocycles. The van der Waals surface area contributed by atoms with Gasteiger partial charge in [0.05, 0.1) is 11.0 Å². The normalized spacial score (nSPS) is 14.9. The fourth-order valence-electron chi connectivity index (χ4n) is 3.35. The molecule has 1 fully saturated rings. The largest absolute Gasteiger partial charge is 0.350 e. The molecule has 2 aromatic carbocycles. The van der Waals surface area contributed by atoms with Crippen LogP contribution in [0.2, 0.25) is 0 Å². The highest BCUT2D eigenvalue weighted by atomic mass is 16.2.